The molecule has 1 aliphatic heterocycles. The Kier molecular flexibility index (Phi) is 3.98. The molecule has 0 aromatic rings. The number of ether oxygens (including phenoxy) is 1. The number of amidine groups is 1. The average Bonchev–Trinajstić information content (AvgIpc) is 2.20. The second-order valence-corrected chi connectivity index (χ2v) is 3.10. The van der Waals surface area contributed by atoms with Gasteiger partial charge in [-0.3, -0.25) is 4.90 Å². The van der Waals surface area contributed by atoms with E-state index in [9.17, 15) is 0 Å². The summed E-state index contributed by atoms with van der Waals surface area (Å²) in [5, 5.41) is 11.6. The Bertz CT molecular complexity index is 178. The number of oxime groups is 1. The largest absolute Gasteiger partial charge is 0.409 e. The van der Waals surface area contributed by atoms with Gasteiger partial charge in [-0.15, -0.1) is 0 Å². The van der Waals surface area contributed by atoms with Crippen LogP contribution in [0.2, 0.25) is 0 Å². The Labute approximate surface area is 78.1 Å². The average molecular weight is 187 g/mol. The summed E-state index contributed by atoms with van der Waals surface area (Å²) in [6, 6.07) is 0.0499. The van der Waals surface area contributed by atoms with Crippen molar-refractivity contribution in [3.05, 3.63) is 0 Å². The fourth-order valence-corrected chi connectivity index (χ4v) is 1.61. The van der Waals surface area contributed by atoms with Crippen molar-refractivity contribution in [1.29, 1.82) is 0 Å². The van der Waals surface area contributed by atoms with Gasteiger partial charge in [-0.05, 0) is 6.42 Å². The topological polar surface area (TPSA) is 71.1 Å². The zero-order chi connectivity index (χ0) is 9.68. The summed E-state index contributed by atoms with van der Waals surface area (Å²) in [6.07, 6.45) is 0.857. The van der Waals surface area contributed by atoms with Crippen molar-refractivity contribution in [2.75, 3.05) is 26.3 Å². The number of rotatable bonds is 3. The van der Waals surface area contributed by atoms with Gasteiger partial charge in [-0.2, -0.15) is 0 Å². The molecule has 0 spiro atoms. The molecule has 0 saturated carbocycles. The Morgan fingerprint density at radius 1 is 1.62 bits per heavy atom. The molecule has 1 rings (SSSR count). The second-order valence-electron chi connectivity index (χ2n) is 3.10. The van der Waals surface area contributed by atoms with Gasteiger partial charge in [-0.1, -0.05) is 12.1 Å². The summed E-state index contributed by atoms with van der Waals surface area (Å²) in [6.45, 7) is 5.20. The maximum atomic E-state index is 8.57. The van der Waals surface area contributed by atoms with Crippen molar-refractivity contribution in [2.45, 2.75) is 19.4 Å². The van der Waals surface area contributed by atoms with Gasteiger partial charge >= 0.3 is 0 Å². The third-order valence-corrected chi connectivity index (χ3v) is 2.33. The molecule has 1 unspecified atom stereocenters. The zero-order valence-corrected chi connectivity index (χ0v) is 7.94. The van der Waals surface area contributed by atoms with Gasteiger partial charge in [0, 0.05) is 13.1 Å². The highest BCUT2D eigenvalue weighted by atomic mass is 16.5. The van der Waals surface area contributed by atoms with Crippen LogP contribution in [0.25, 0.3) is 0 Å². The quantitative estimate of drug-likeness (QED) is 0.279. The minimum absolute atomic E-state index is 0.0499. The molecule has 1 saturated heterocycles. The fourth-order valence-electron chi connectivity index (χ4n) is 1.61. The van der Waals surface area contributed by atoms with E-state index in [1.54, 1.807) is 0 Å². The molecule has 1 aliphatic rings. The lowest BCUT2D eigenvalue weighted by atomic mass is 10.1. The normalized spacial score (nSPS) is 23.0. The third kappa shape index (κ3) is 2.57. The second kappa shape index (κ2) is 5.04. The van der Waals surface area contributed by atoms with E-state index in [4.69, 9.17) is 15.7 Å². The molecule has 1 fully saturated rings. The number of nitrogens with zero attached hydrogens (tertiary/aromatic N) is 2. The van der Waals surface area contributed by atoms with Gasteiger partial charge in [-0.25, -0.2) is 0 Å². The van der Waals surface area contributed by atoms with Crippen LogP contribution in [0.4, 0.5) is 0 Å². The predicted molar refractivity (Wildman–Crippen MR) is 49.9 cm³/mol. The lowest BCUT2D eigenvalue weighted by Gasteiger charge is -2.32. The number of morpholine rings is 1. The summed E-state index contributed by atoms with van der Waals surface area (Å²) in [4.78, 5) is 2.18. The highest BCUT2D eigenvalue weighted by Crippen LogP contribution is 2.07. The van der Waals surface area contributed by atoms with Gasteiger partial charge in [0.2, 0.25) is 0 Å². The van der Waals surface area contributed by atoms with Gasteiger partial charge < -0.3 is 15.7 Å². The van der Waals surface area contributed by atoms with Gasteiger partial charge in [0.05, 0.1) is 19.3 Å². The Morgan fingerprint density at radius 2 is 2.23 bits per heavy atom. The van der Waals surface area contributed by atoms with Crippen molar-refractivity contribution in [3.63, 3.8) is 0 Å². The Hall–Kier alpha value is -0.810. The first-order chi connectivity index (χ1) is 6.29. The van der Waals surface area contributed by atoms with Gasteiger partial charge in [0.25, 0.3) is 0 Å². The first kappa shape index (κ1) is 10.3. The standard InChI is InChI=1S/C8H17N3O2/c1-2-7(8(9)10-12)11-3-5-13-6-4-11/h7,12H,2-6H2,1H3,(H2,9,10). The van der Waals surface area contributed by atoms with E-state index in [1.165, 1.54) is 0 Å². The fraction of sp³-hybridized carbons (Fsp3) is 0.875. The molecular formula is C8H17N3O2. The highest BCUT2D eigenvalue weighted by Gasteiger charge is 2.22. The molecule has 5 heteroatoms. The van der Waals surface area contributed by atoms with E-state index >= 15 is 0 Å². The van der Waals surface area contributed by atoms with Crippen molar-refractivity contribution in [1.82, 2.24) is 4.90 Å². The molecule has 76 valence electrons. The molecule has 0 aromatic heterocycles. The number of nitrogens with two attached hydrogens (primary N) is 1. The van der Waals surface area contributed by atoms with Crippen LogP contribution in [0.1, 0.15) is 13.3 Å². The minimum atomic E-state index is 0.0499. The minimum Gasteiger partial charge on any atom is -0.409 e. The molecule has 5 nitrogen and oxygen atoms in total. The molecule has 0 bridgehead atoms. The smallest absolute Gasteiger partial charge is 0.156 e. The summed E-state index contributed by atoms with van der Waals surface area (Å²) < 4.78 is 5.22. The predicted octanol–water partition coefficient (Wildman–Crippen LogP) is -0.156. The molecule has 0 aromatic carbocycles. The van der Waals surface area contributed by atoms with Crippen LogP contribution < -0.4 is 5.73 Å². The molecule has 0 amide bonds. The number of hydrogen-bond donors (Lipinski definition) is 2. The summed E-state index contributed by atoms with van der Waals surface area (Å²) in [5.74, 6) is 0.296. The number of hydrogen-bond acceptors (Lipinski definition) is 4. The molecule has 1 heterocycles. The Morgan fingerprint density at radius 3 is 2.69 bits per heavy atom. The molecule has 0 radical (unpaired) electrons. The van der Waals surface area contributed by atoms with Gasteiger partial charge in [0.1, 0.15) is 0 Å². The first-order valence-corrected chi connectivity index (χ1v) is 4.58. The lowest BCUT2D eigenvalue weighted by Crippen LogP contribution is -2.49. The van der Waals surface area contributed by atoms with Gasteiger partial charge in [0.15, 0.2) is 5.84 Å². The van der Waals surface area contributed by atoms with Crippen LogP contribution >= 0.6 is 0 Å². The maximum absolute atomic E-state index is 8.57. The molecule has 1 atom stereocenters. The van der Waals surface area contributed by atoms with Crippen LogP contribution in [0, 0.1) is 0 Å². The van der Waals surface area contributed by atoms with E-state index in [1.807, 2.05) is 6.92 Å². The van der Waals surface area contributed by atoms with Crippen molar-refractivity contribution in [2.24, 2.45) is 10.9 Å². The highest BCUT2D eigenvalue weighted by molar-refractivity contribution is 5.85. The maximum Gasteiger partial charge on any atom is 0.156 e. The first-order valence-electron chi connectivity index (χ1n) is 4.58. The SMILES string of the molecule is CCC(C(N)=NO)N1CCOCC1. The van der Waals surface area contributed by atoms with Crippen molar-refractivity contribution >= 4 is 5.84 Å². The third-order valence-electron chi connectivity index (χ3n) is 2.33. The zero-order valence-electron chi connectivity index (χ0n) is 7.94. The lowest BCUT2D eigenvalue weighted by molar-refractivity contribution is 0.0277. The van der Waals surface area contributed by atoms with Crippen molar-refractivity contribution < 1.29 is 9.94 Å². The monoisotopic (exact) mass is 187 g/mol. The molecule has 3 N–H and O–H groups in total. The van der Waals surface area contributed by atoms with Crippen LogP contribution in [-0.2, 0) is 4.74 Å². The van der Waals surface area contributed by atoms with E-state index < -0.39 is 0 Å². The van der Waals surface area contributed by atoms with Crippen LogP contribution in [-0.4, -0.2) is 48.3 Å². The van der Waals surface area contributed by atoms with E-state index in [-0.39, 0.29) is 6.04 Å². The van der Waals surface area contributed by atoms with Crippen LogP contribution in [0.3, 0.4) is 0 Å². The Balaban J connectivity index is 2.53. The summed E-state index contributed by atoms with van der Waals surface area (Å²) in [7, 11) is 0. The van der Waals surface area contributed by atoms with E-state index in [0.717, 1.165) is 32.7 Å². The van der Waals surface area contributed by atoms with Crippen LogP contribution in [0.15, 0.2) is 5.16 Å². The van der Waals surface area contributed by atoms with Crippen LogP contribution in [0.5, 0.6) is 0 Å². The van der Waals surface area contributed by atoms with E-state index in [0.29, 0.717) is 5.84 Å². The molecule has 0 aliphatic carbocycles. The molecular weight excluding hydrogens is 170 g/mol. The molecule has 13 heavy (non-hydrogen) atoms. The van der Waals surface area contributed by atoms with Crippen molar-refractivity contribution in [3.8, 4) is 0 Å². The summed E-state index contributed by atoms with van der Waals surface area (Å²) >= 11 is 0. The van der Waals surface area contributed by atoms with E-state index in [2.05, 4.69) is 10.1 Å². The summed E-state index contributed by atoms with van der Waals surface area (Å²) in [5.41, 5.74) is 5.58.